The molecule has 1 heterocycles. The van der Waals surface area contributed by atoms with Gasteiger partial charge in [0, 0.05) is 31.4 Å². The van der Waals surface area contributed by atoms with Crippen molar-refractivity contribution in [2.24, 2.45) is 0 Å². The second-order valence-corrected chi connectivity index (χ2v) is 4.61. The molecule has 1 aromatic carbocycles. The minimum absolute atomic E-state index is 0.0705. The van der Waals surface area contributed by atoms with Gasteiger partial charge in [-0.15, -0.1) is 0 Å². The number of benzene rings is 1. The van der Waals surface area contributed by atoms with Crippen LogP contribution in [-0.2, 0) is 4.79 Å². The number of amides is 2. The summed E-state index contributed by atoms with van der Waals surface area (Å²) in [6.45, 7) is 1.89. The molecule has 0 aromatic heterocycles. The van der Waals surface area contributed by atoms with E-state index < -0.39 is 0 Å². The summed E-state index contributed by atoms with van der Waals surface area (Å²) in [5, 5.41) is 5.54. The van der Waals surface area contributed by atoms with Crippen molar-refractivity contribution in [1.29, 1.82) is 0 Å². The van der Waals surface area contributed by atoms with Crippen LogP contribution in [-0.4, -0.2) is 43.4 Å². The summed E-state index contributed by atoms with van der Waals surface area (Å²) in [6.07, 6.45) is 2.17. The Hall–Kier alpha value is -2.04. The van der Waals surface area contributed by atoms with E-state index in [9.17, 15) is 9.59 Å². The number of rotatable bonds is 4. The number of hydrogen-bond acceptors (Lipinski definition) is 3. The van der Waals surface area contributed by atoms with E-state index in [-0.39, 0.29) is 18.4 Å². The Morgan fingerprint density at radius 2 is 2.00 bits per heavy atom. The van der Waals surface area contributed by atoms with Crippen molar-refractivity contribution in [3.8, 4) is 0 Å². The number of nitrogens with one attached hydrogen (secondary N) is 2. The lowest BCUT2D eigenvalue weighted by Crippen LogP contribution is -2.28. The lowest BCUT2D eigenvalue weighted by molar-refractivity contribution is -0.118. The standard InChI is InChI=1S/C14H19N3O2/c1-15-13(18)10-16-12-6-4-5-11(9-12)14(19)17-7-2-3-8-17/h4-6,9,16H,2-3,7-8,10H2,1H3,(H,15,18). The molecule has 19 heavy (non-hydrogen) atoms. The van der Waals surface area contributed by atoms with Crippen LogP contribution >= 0.6 is 0 Å². The first-order valence-corrected chi connectivity index (χ1v) is 6.54. The molecule has 0 saturated carbocycles. The zero-order chi connectivity index (χ0) is 13.7. The molecule has 1 aliphatic heterocycles. The third kappa shape index (κ3) is 3.47. The molecular weight excluding hydrogens is 242 g/mol. The van der Waals surface area contributed by atoms with Crippen molar-refractivity contribution >= 4 is 17.5 Å². The summed E-state index contributed by atoms with van der Waals surface area (Å²) >= 11 is 0. The second kappa shape index (κ2) is 6.22. The molecule has 5 heteroatoms. The molecule has 0 bridgehead atoms. The maximum Gasteiger partial charge on any atom is 0.253 e. The first-order valence-electron chi connectivity index (χ1n) is 6.54. The number of carbonyl (C=O) groups excluding carboxylic acids is 2. The predicted molar refractivity (Wildman–Crippen MR) is 74.1 cm³/mol. The first-order chi connectivity index (χ1) is 9.20. The maximum atomic E-state index is 12.2. The van der Waals surface area contributed by atoms with Gasteiger partial charge in [-0.1, -0.05) is 6.07 Å². The van der Waals surface area contributed by atoms with Crippen molar-refractivity contribution in [3.63, 3.8) is 0 Å². The molecule has 0 atom stereocenters. The van der Waals surface area contributed by atoms with Crippen molar-refractivity contribution in [2.75, 3.05) is 32.0 Å². The van der Waals surface area contributed by atoms with E-state index in [0.717, 1.165) is 31.6 Å². The lowest BCUT2D eigenvalue weighted by atomic mass is 10.1. The number of hydrogen-bond donors (Lipinski definition) is 2. The van der Waals surface area contributed by atoms with Crippen LogP contribution in [0.4, 0.5) is 5.69 Å². The summed E-state index contributed by atoms with van der Waals surface area (Å²) < 4.78 is 0. The summed E-state index contributed by atoms with van der Waals surface area (Å²) in [7, 11) is 1.59. The van der Waals surface area contributed by atoms with Crippen LogP contribution in [0.1, 0.15) is 23.2 Å². The van der Waals surface area contributed by atoms with Crippen LogP contribution in [0.2, 0.25) is 0 Å². The quantitative estimate of drug-likeness (QED) is 0.852. The minimum atomic E-state index is -0.0868. The number of nitrogens with zero attached hydrogens (tertiary/aromatic N) is 1. The molecule has 2 rings (SSSR count). The molecule has 2 amide bonds. The number of carbonyl (C=O) groups is 2. The molecule has 1 fully saturated rings. The molecule has 1 saturated heterocycles. The Labute approximate surface area is 113 Å². The van der Waals surface area contributed by atoms with E-state index >= 15 is 0 Å². The molecule has 0 spiro atoms. The van der Waals surface area contributed by atoms with E-state index in [4.69, 9.17) is 0 Å². The molecular formula is C14H19N3O2. The fourth-order valence-electron chi connectivity index (χ4n) is 2.14. The largest absolute Gasteiger partial charge is 0.376 e. The van der Waals surface area contributed by atoms with E-state index in [2.05, 4.69) is 10.6 Å². The van der Waals surface area contributed by atoms with Gasteiger partial charge >= 0.3 is 0 Å². The Morgan fingerprint density at radius 3 is 2.68 bits per heavy atom. The van der Waals surface area contributed by atoms with Crippen LogP contribution in [0.5, 0.6) is 0 Å². The number of likely N-dealkylation sites (N-methyl/N-ethyl adjacent to an activating group) is 1. The monoisotopic (exact) mass is 261 g/mol. The van der Waals surface area contributed by atoms with Crippen LogP contribution < -0.4 is 10.6 Å². The van der Waals surface area contributed by atoms with Gasteiger partial charge in [0.05, 0.1) is 6.54 Å². The zero-order valence-electron chi connectivity index (χ0n) is 11.1. The van der Waals surface area contributed by atoms with Gasteiger partial charge in [0.15, 0.2) is 0 Å². The van der Waals surface area contributed by atoms with Gasteiger partial charge in [-0.2, -0.15) is 0 Å². The fourth-order valence-corrected chi connectivity index (χ4v) is 2.14. The number of likely N-dealkylation sites (tertiary alicyclic amines) is 1. The summed E-state index contributed by atoms with van der Waals surface area (Å²) in [4.78, 5) is 25.2. The van der Waals surface area contributed by atoms with Crippen molar-refractivity contribution in [1.82, 2.24) is 10.2 Å². The van der Waals surface area contributed by atoms with Crippen LogP contribution in [0.25, 0.3) is 0 Å². The summed E-state index contributed by atoms with van der Waals surface area (Å²) in [5.74, 6) is -0.0163. The van der Waals surface area contributed by atoms with E-state index in [1.54, 1.807) is 13.1 Å². The van der Waals surface area contributed by atoms with Crippen LogP contribution in [0.15, 0.2) is 24.3 Å². The Balaban J connectivity index is 2.01. The van der Waals surface area contributed by atoms with E-state index in [1.807, 2.05) is 23.1 Å². The third-order valence-corrected chi connectivity index (χ3v) is 3.23. The molecule has 1 aromatic rings. The average molecular weight is 261 g/mol. The topological polar surface area (TPSA) is 61.4 Å². The third-order valence-electron chi connectivity index (χ3n) is 3.23. The highest BCUT2D eigenvalue weighted by Crippen LogP contribution is 2.16. The highest BCUT2D eigenvalue weighted by atomic mass is 16.2. The molecule has 2 N–H and O–H groups in total. The Bertz CT molecular complexity index is 468. The van der Waals surface area contributed by atoms with Gasteiger partial charge < -0.3 is 15.5 Å². The van der Waals surface area contributed by atoms with Crippen LogP contribution in [0.3, 0.4) is 0 Å². The van der Waals surface area contributed by atoms with Gasteiger partial charge in [-0.05, 0) is 31.0 Å². The van der Waals surface area contributed by atoms with E-state index in [0.29, 0.717) is 5.56 Å². The molecule has 1 aliphatic rings. The minimum Gasteiger partial charge on any atom is -0.376 e. The zero-order valence-corrected chi connectivity index (χ0v) is 11.1. The number of anilines is 1. The summed E-state index contributed by atoms with van der Waals surface area (Å²) in [6, 6.07) is 7.29. The first kappa shape index (κ1) is 13.4. The van der Waals surface area contributed by atoms with Gasteiger partial charge in [0.1, 0.15) is 0 Å². The normalized spacial score (nSPS) is 14.3. The fraction of sp³-hybridized carbons (Fsp3) is 0.429. The molecule has 102 valence electrons. The Morgan fingerprint density at radius 1 is 1.26 bits per heavy atom. The average Bonchev–Trinajstić information content (AvgIpc) is 2.98. The molecule has 0 unspecified atom stereocenters. The molecule has 5 nitrogen and oxygen atoms in total. The van der Waals surface area contributed by atoms with Crippen molar-refractivity contribution in [3.05, 3.63) is 29.8 Å². The van der Waals surface area contributed by atoms with E-state index in [1.165, 1.54) is 0 Å². The van der Waals surface area contributed by atoms with Crippen molar-refractivity contribution in [2.45, 2.75) is 12.8 Å². The maximum absolute atomic E-state index is 12.2. The second-order valence-electron chi connectivity index (χ2n) is 4.61. The lowest BCUT2D eigenvalue weighted by Gasteiger charge is -2.15. The molecule has 0 radical (unpaired) electrons. The Kier molecular flexibility index (Phi) is 4.39. The molecule has 0 aliphatic carbocycles. The van der Waals surface area contributed by atoms with Gasteiger partial charge in [-0.25, -0.2) is 0 Å². The smallest absolute Gasteiger partial charge is 0.253 e. The highest BCUT2D eigenvalue weighted by molar-refractivity contribution is 5.95. The predicted octanol–water partition coefficient (Wildman–Crippen LogP) is 1.08. The van der Waals surface area contributed by atoms with Crippen molar-refractivity contribution < 1.29 is 9.59 Å². The summed E-state index contributed by atoms with van der Waals surface area (Å²) in [5.41, 5.74) is 1.46. The van der Waals surface area contributed by atoms with Gasteiger partial charge in [-0.3, -0.25) is 9.59 Å². The van der Waals surface area contributed by atoms with Crippen LogP contribution in [0, 0.1) is 0 Å². The van der Waals surface area contributed by atoms with Gasteiger partial charge in [0.2, 0.25) is 5.91 Å². The SMILES string of the molecule is CNC(=O)CNc1cccc(C(=O)N2CCCC2)c1. The van der Waals surface area contributed by atoms with Gasteiger partial charge in [0.25, 0.3) is 5.91 Å². The highest BCUT2D eigenvalue weighted by Gasteiger charge is 2.19.